The van der Waals surface area contributed by atoms with Crippen molar-refractivity contribution in [3.63, 3.8) is 0 Å². The molecular formula is C17H14Cl3NO4S. The van der Waals surface area contributed by atoms with E-state index in [2.05, 4.69) is 0 Å². The van der Waals surface area contributed by atoms with Gasteiger partial charge in [-0.15, -0.1) is 0 Å². The van der Waals surface area contributed by atoms with Crippen molar-refractivity contribution in [3.8, 4) is 5.75 Å². The van der Waals surface area contributed by atoms with Gasteiger partial charge in [-0.25, -0.2) is 13.2 Å². The van der Waals surface area contributed by atoms with Crippen LogP contribution in [0.25, 0.3) is 0 Å². The monoisotopic (exact) mass is 433 g/mol. The molecule has 1 aliphatic rings. The summed E-state index contributed by atoms with van der Waals surface area (Å²) in [4.78, 5) is 12.3. The van der Waals surface area contributed by atoms with E-state index in [1.807, 2.05) is 0 Å². The Kier molecular flexibility index (Phi) is 5.79. The Balaban J connectivity index is 1.92. The zero-order chi connectivity index (χ0) is 18.9. The molecule has 138 valence electrons. The first-order valence-corrected chi connectivity index (χ1v) is 10.3. The van der Waals surface area contributed by atoms with Crippen molar-refractivity contribution in [2.75, 3.05) is 13.1 Å². The largest absolute Gasteiger partial charge is 0.421 e. The van der Waals surface area contributed by atoms with E-state index in [0.717, 1.165) is 12.8 Å². The van der Waals surface area contributed by atoms with Gasteiger partial charge in [-0.1, -0.05) is 34.8 Å². The third-order valence-electron chi connectivity index (χ3n) is 3.95. The summed E-state index contributed by atoms with van der Waals surface area (Å²) in [6, 6.07) is 8.44. The highest BCUT2D eigenvalue weighted by molar-refractivity contribution is 7.89. The van der Waals surface area contributed by atoms with Gasteiger partial charge in [0, 0.05) is 24.2 Å². The lowest BCUT2D eigenvalue weighted by atomic mass is 10.2. The second kappa shape index (κ2) is 7.74. The fourth-order valence-electron chi connectivity index (χ4n) is 2.61. The first-order chi connectivity index (χ1) is 12.3. The normalized spacial score (nSPS) is 15.2. The van der Waals surface area contributed by atoms with Crippen LogP contribution in [0, 0.1) is 0 Å². The van der Waals surface area contributed by atoms with Crippen LogP contribution in [0.15, 0.2) is 41.3 Å². The van der Waals surface area contributed by atoms with Crippen molar-refractivity contribution in [2.45, 2.75) is 17.7 Å². The summed E-state index contributed by atoms with van der Waals surface area (Å²) in [5, 5.41) is 0.612. The fourth-order valence-corrected chi connectivity index (χ4v) is 4.95. The molecule has 1 fully saturated rings. The molecule has 0 amide bonds. The standard InChI is InChI=1S/C17H14Cl3NO4S/c18-12-4-6-13(19)15(10-12)25-17(22)11-3-5-14(20)16(9-11)26(23,24)21-7-1-2-8-21/h3-6,9-10H,1-2,7-8H2. The van der Waals surface area contributed by atoms with Crippen LogP contribution in [0.4, 0.5) is 0 Å². The molecule has 0 unspecified atom stereocenters. The molecule has 0 bridgehead atoms. The molecule has 1 heterocycles. The summed E-state index contributed by atoms with van der Waals surface area (Å²) in [6.07, 6.45) is 1.59. The Bertz CT molecular complexity index is 956. The van der Waals surface area contributed by atoms with Gasteiger partial charge < -0.3 is 4.74 Å². The summed E-state index contributed by atoms with van der Waals surface area (Å²) in [5.74, 6) is -0.674. The maximum Gasteiger partial charge on any atom is 0.343 e. The summed E-state index contributed by atoms with van der Waals surface area (Å²) < 4.78 is 32.1. The number of benzene rings is 2. The van der Waals surface area contributed by atoms with Crippen LogP contribution in [0.1, 0.15) is 23.2 Å². The van der Waals surface area contributed by atoms with Crippen LogP contribution >= 0.6 is 34.8 Å². The Morgan fingerprint density at radius 3 is 2.31 bits per heavy atom. The number of hydrogen-bond acceptors (Lipinski definition) is 4. The molecule has 5 nitrogen and oxygen atoms in total. The maximum atomic E-state index is 12.7. The molecule has 1 saturated heterocycles. The number of sulfonamides is 1. The number of carbonyl (C=O) groups is 1. The molecule has 0 spiro atoms. The lowest BCUT2D eigenvalue weighted by Crippen LogP contribution is -2.28. The zero-order valence-corrected chi connectivity index (χ0v) is 16.5. The van der Waals surface area contributed by atoms with E-state index in [1.54, 1.807) is 6.07 Å². The van der Waals surface area contributed by atoms with Crippen molar-refractivity contribution >= 4 is 50.8 Å². The molecule has 1 aliphatic heterocycles. The Labute approximate surface area is 166 Å². The van der Waals surface area contributed by atoms with Crippen molar-refractivity contribution in [2.24, 2.45) is 0 Å². The van der Waals surface area contributed by atoms with Gasteiger partial charge in [-0.05, 0) is 43.2 Å². The first kappa shape index (κ1) is 19.5. The van der Waals surface area contributed by atoms with Crippen LogP contribution in [-0.4, -0.2) is 31.8 Å². The van der Waals surface area contributed by atoms with E-state index < -0.39 is 16.0 Å². The second-order valence-electron chi connectivity index (χ2n) is 5.72. The minimum absolute atomic E-state index is 0.0446. The smallest absolute Gasteiger partial charge is 0.343 e. The quantitative estimate of drug-likeness (QED) is 0.519. The van der Waals surface area contributed by atoms with Gasteiger partial charge in [-0.2, -0.15) is 4.31 Å². The topological polar surface area (TPSA) is 63.7 Å². The lowest BCUT2D eigenvalue weighted by Gasteiger charge is -2.17. The molecule has 0 N–H and O–H groups in total. The molecule has 0 saturated carbocycles. The molecule has 0 aromatic heterocycles. The molecule has 0 radical (unpaired) electrons. The summed E-state index contributed by atoms with van der Waals surface area (Å²) in [6.45, 7) is 0.872. The number of halogens is 3. The summed E-state index contributed by atoms with van der Waals surface area (Å²) >= 11 is 17.9. The van der Waals surface area contributed by atoms with Gasteiger partial charge in [-0.3, -0.25) is 0 Å². The average Bonchev–Trinajstić information content (AvgIpc) is 3.13. The van der Waals surface area contributed by atoms with Crippen LogP contribution < -0.4 is 4.74 Å². The maximum absolute atomic E-state index is 12.7. The second-order valence-corrected chi connectivity index (χ2v) is 8.88. The van der Waals surface area contributed by atoms with E-state index in [1.165, 1.54) is 34.6 Å². The van der Waals surface area contributed by atoms with E-state index in [4.69, 9.17) is 39.5 Å². The first-order valence-electron chi connectivity index (χ1n) is 7.76. The van der Waals surface area contributed by atoms with Crippen LogP contribution in [-0.2, 0) is 10.0 Å². The van der Waals surface area contributed by atoms with Gasteiger partial charge in [0.15, 0.2) is 5.75 Å². The van der Waals surface area contributed by atoms with Crippen molar-refractivity contribution in [1.82, 2.24) is 4.31 Å². The van der Waals surface area contributed by atoms with Gasteiger partial charge >= 0.3 is 5.97 Å². The highest BCUT2D eigenvalue weighted by Crippen LogP contribution is 2.31. The Morgan fingerprint density at radius 2 is 1.62 bits per heavy atom. The summed E-state index contributed by atoms with van der Waals surface area (Å²) in [7, 11) is -3.77. The van der Waals surface area contributed by atoms with Crippen LogP contribution in [0.5, 0.6) is 5.75 Å². The number of rotatable bonds is 4. The molecule has 2 aromatic carbocycles. The number of carbonyl (C=O) groups excluding carboxylic acids is 1. The number of nitrogens with zero attached hydrogens (tertiary/aromatic N) is 1. The Hall–Kier alpha value is -1.31. The van der Waals surface area contributed by atoms with Crippen LogP contribution in [0.2, 0.25) is 15.1 Å². The SMILES string of the molecule is O=C(Oc1cc(Cl)ccc1Cl)c1ccc(Cl)c(S(=O)(=O)N2CCCC2)c1. The van der Waals surface area contributed by atoms with Gasteiger partial charge in [0.25, 0.3) is 0 Å². The predicted molar refractivity (Wildman–Crippen MR) is 101 cm³/mol. The van der Waals surface area contributed by atoms with Gasteiger partial charge in [0.05, 0.1) is 15.6 Å². The molecule has 0 aliphatic carbocycles. The number of ether oxygens (including phenoxy) is 1. The minimum Gasteiger partial charge on any atom is -0.421 e. The predicted octanol–water partition coefficient (Wildman–Crippen LogP) is 4.65. The average molecular weight is 435 g/mol. The molecule has 0 atom stereocenters. The van der Waals surface area contributed by atoms with Gasteiger partial charge in [0.2, 0.25) is 10.0 Å². The van der Waals surface area contributed by atoms with Crippen LogP contribution in [0.3, 0.4) is 0 Å². The van der Waals surface area contributed by atoms with E-state index >= 15 is 0 Å². The van der Waals surface area contributed by atoms with Crippen molar-refractivity contribution in [1.29, 1.82) is 0 Å². The third-order valence-corrected chi connectivity index (χ3v) is 6.87. The minimum atomic E-state index is -3.77. The third kappa shape index (κ3) is 4.00. The van der Waals surface area contributed by atoms with Crippen molar-refractivity contribution in [3.05, 3.63) is 57.0 Å². The zero-order valence-electron chi connectivity index (χ0n) is 13.4. The number of esters is 1. The highest BCUT2D eigenvalue weighted by atomic mass is 35.5. The molecular weight excluding hydrogens is 421 g/mol. The molecule has 9 heteroatoms. The molecule has 26 heavy (non-hydrogen) atoms. The number of hydrogen-bond donors (Lipinski definition) is 0. The van der Waals surface area contributed by atoms with E-state index in [0.29, 0.717) is 18.1 Å². The lowest BCUT2D eigenvalue weighted by molar-refractivity contribution is 0.0734. The van der Waals surface area contributed by atoms with Gasteiger partial charge in [0.1, 0.15) is 4.90 Å². The highest BCUT2D eigenvalue weighted by Gasteiger charge is 2.30. The van der Waals surface area contributed by atoms with E-state index in [9.17, 15) is 13.2 Å². The van der Waals surface area contributed by atoms with Crippen molar-refractivity contribution < 1.29 is 17.9 Å². The molecule has 3 rings (SSSR count). The van der Waals surface area contributed by atoms with E-state index in [-0.39, 0.29) is 26.3 Å². The fraction of sp³-hybridized carbons (Fsp3) is 0.235. The summed E-state index contributed by atoms with van der Waals surface area (Å²) in [5.41, 5.74) is 0.0446. The molecule has 2 aromatic rings. The Morgan fingerprint density at radius 1 is 0.962 bits per heavy atom.